The van der Waals surface area contributed by atoms with Gasteiger partial charge in [-0.05, 0) is 87.8 Å². The fourth-order valence-corrected chi connectivity index (χ4v) is 5.69. The summed E-state index contributed by atoms with van der Waals surface area (Å²) in [5.74, 6) is 2.26. The number of nitrogens with one attached hydrogen (secondary N) is 1. The molecule has 0 radical (unpaired) electrons. The molecule has 178 valence electrons. The topological polar surface area (TPSA) is 121 Å². The largest absolute Gasteiger partial charge is 0.497 e. The van der Waals surface area contributed by atoms with E-state index in [1.807, 2.05) is 0 Å². The smallest absolute Gasteiger partial charge is 0.263 e. The van der Waals surface area contributed by atoms with Gasteiger partial charge >= 0.3 is 0 Å². The Morgan fingerprint density at radius 1 is 1.06 bits per heavy atom. The molecule has 2 aromatic rings. The van der Waals surface area contributed by atoms with Crippen molar-refractivity contribution in [2.75, 3.05) is 7.11 Å². The van der Waals surface area contributed by atoms with Gasteiger partial charge in [0.25, 0.3) is 5.91 Å². The SMILES string of the molecule is COc1ccc(OC(C)(C)C(=O)NC2CC3CCC(C2)C3c2ccc(S(N)(=O)=O)cn2)cc1. The van der Waals surface area contributed by atoms with Crippen LogP contribution >= 0.6 is 0 Å². The van der Waals surface area contributed by atoms with Crippen molar-refractivity contribution in [3.8, 4) is 11.5 Å². The van der Waals surface area contributed by atoms with Crippen molar-refractivity contribution >= 4 is 15.9 Å². The number of nitrogens with zero attached hydrogens (tertiary/aromatic N) is 1. The van der Waals surface area contributed by atoms with Crippen molar-refractivity contribution < 1.29 is 22.7 Å². The molecule has 0 spiro atoms. The van der Waals surface area contributed by atoms with Crippen LogP contribution in [-0.2, 0) is 14.8 Å². The molecule has 2 unspecified atom stereocenters. The van der Waals surface area contributed by atoms with E-state index in [0.29, 0.717) is 17.6 Å². The summed E-state index contributed by atoms with van der Waals surface area (Å²) < 4.78 is 34.2. The molecule has 1 amide bonds. The first-order valence-corrected chi connectivity index (χ1v) is 12.7. The second-order valence-corrected chi connectivity index (χ2v) is 11.1. The maximum atomic E-state index is 13.0. The third kappa shape index (κ3) is 5.14. The Morgan fingerprint density at radius 2 is 1.67 bits per heavy atom. The maximum Gasteiger partial charge on any atom is 0.263 e. The van der Waals surface area contributed by atoms with Crippen LogP contribution in [0, 0.1) is 11.8 Å². The molecule has 1 aromatic heterocycles. The third-order valence-electron chi connectivity index (χ3n) is 6.84. The van der Waals surface area contributed by atoms with E-state index in [2.05, 4.69) is 10.3 Å². The fraction of sp³-hybridized carbons (Fsp3) is 0.500. The van der Waals surface area contributed by atoms with E-state index in [-0.39, 0.29) is 22.8 Å². The van der Waals surface area contributed by atoms with Gasteiger partial charge in [-0.2, -0.15) is 0 Å². The average molecular weight is 474 g/mol. The van der Waals surface area contributed by atoms with Gasteiger partial charge in [0.1, 0.15) is 16.4 Å². The molecule has 8 nitrogen and oxygen atoms in total. The predicted molar refractivity (Wildman–Crippen MR) is 123 cm³/mol. The van der Waals surface area contributed by atoms with Crippen LogP contribution in [0.4, 0.5) is 0 Å². The highest BCUT2D eigenvalue weighted by Gasteiger charge is 2.45. The van der Waals surface area contributed by atoms with E-state index in [0.717, 1.165) is 37.1 Å². The standard InChI is InChI=1S/C24H31N3O5S/c1-24(2,32-19-8-6-18(31-3)7-9-19)23(28)27-17-12-15-4-5-16(13-17)22(15)21-11-10-20(14-26-21)33(25,29)30/h6-11,14-17,22H,4-5,12-13H2,1-3H3,(H,27,28)(H2,25,29,30). The number of methoxy groups -OCH3 is 1. The Kier molecular flexibility index (Phi) is 6.37. The van der Waals surface area contributed by atoms with Gasteiger partial charge in [-0.1, -0.05) is 0 Å². The Balaban J connectivity index is 1.38. The Morgan fingerprint density at radius 3 is 2.18 bits per heavy atom. The number of aromatic nitrogens is 1. The molecule has 0 saturated heterocycles. The second kappa shape index (κ2) is 8.95. The number of sulfonamides is 1. The van der Waals surface area contributed by atoms with Crippen molar-refractivity contribution in [3.05, 3.63) is 48.3 Å². The summed E-state index contributed by atoms with van der Waals surface area (Å²) in [5.41, 5.74) is -0.113. The highest BCUT2D eigenvalue weighted by Crippen LogP contribution is 2.51. The molecule has 2 saturated carbocycles. The quantitative estimate of drug-likeness (QED) is 0.638. The van der Waals surface area contributed by atoms with E-state index in [4.69, 9.17) is 14.6 Å². The number of fused-ring (bicyclic) bond motifs is 2. The van der Waals surface area contributed by atoms with Crippen molar-refractivity contribution in [3.63, 3.8) is 0 Å². The van der Waals surface area contributed by atoms with Crippen LogP contribution in [0.5, 0.6) is 11.5 Å². The summed E-state index contributed by atoms with van der Waals surface area (Å²) in [5, 5.41) is 8.39. The molecule has 4 rings (SSSR count). The summed E-state index contributed by atoms with van der Waals surface area (Å²) in [6, 6.07) is 10.6. The van der Waals surface area contributed by atoms with E-state index in [1.165, 1.54) is 12.3 Å². The molecule has 3 N–H and O–H groups in total. The van der Waals surface area contributed by atoms with E-state index < -0.39 is 15.6 Å². The van der Waals surface area contributed by atoms with Gasteiger partial charge in [-0.15, -0.1) is 0 Å². The lowest BCUT2D eigenvalue weighted by Gasteiger charge is -2.37. The van der Waals surface area contributed by atoms with Crippen LogP contribution in [-0.4, -0.2) is 38.1 Å². The average Bonchev–Trinajstić information content (AvgIpc) is 3.03. The minimum absolute atomic E-state index is 0.0265. The normalized spacial score (nSPS) is 24.8. The molecule has 33 heavy (non-hydrogen) atoms. The van der Waals surface area contributed by atoms with Crippen LogP contribution in [0.3, 0.4) is 0 Å². The third-order valence-corrected chi connectivity index (χ3v) is 7.74. The number of hydrogen-bond acceptors (Lipinski definition) is 6. The molecule has 0 aliphatic heterocycles. The van der Waals surface area contributed by atoms with Crippen LogP contribution in [0.15, 0.2) is 47.5 Å². The van der Waals surface area contributed by atoms with Crippen LogP contribution in [0.1, 0.15) is 51.1 Å². The van der Waals surface area contributed by atoms with Crippen LogP contribution in [0.2, 0.25) is 0 Å². The van der Waals surface area contributed by atoms with E-state index >= 15 is 0 Å². The summed E-state index contributed by atoms with van der Waals surface area (Å²) in [6.45, 7) is 3.54. The number of pyridine rings is 1. The number of carbonyl (C=O) groups is 1. The molecule has 2 fully saturated rings. The first-order valence-electron chi connectivity index (χ1n) is 11.2. The first kappa shape index (κ1) is 23.5. The van der Waals surface area contributed by atoms with E-state index in [9.17, 15) is 13.2 Å². The number of nitrogens with two attached hydrogens (primary N) is 1. The molecule has 2 aliphatic carbocycles. The molecule has 2 aliphatic rings. The Bertz CT molecular complexity index is 1090. The molecular formula is C24H31N3O5S. The van der Waals surface area contributed by atoms with Gasteiger partial charge in [0, 0.05) is 23.9 Å². The molecule has 1 aromatic carbocycles. The summed E-state index contributed by atoms with van der Waals surface area (Å²) in [4.78, 5) is 17.5. The summed E-state index contributed by atoms with van der Waals surface area (Å²) >= 11 is 0. The highest BCUT2D eigenvalue weighted by atomic mass is 32.2. The number of rotatable bonds is 7. The van der Waals surface area contributed by atoms with Gasteiger partial charge in [0.15, 0.2) is 5.60 Å². The zero-order valence-electron chi connectivity index (χ0n) is 19.2. The molecule has 2 atom stereocenters. The number of ether oxygens (including phenoxy) is 2. The molecule has 2 bridgehead atoms. The zero-order chi connectivity index (χ0) is 23.8. The van der Waals surface area contributed by atoms with Crippen molar-refractivity contribution in [2.24, 2.45) is 17.0 Å². The number of carbonyl (C=O) groups excluding carboxylic acids is 1. The number of hydrogen-bond donors (Lipinski definition) is 2. The molecular weight excluding hydrogens is 442 g/mol. The Hall–Kier alpha value is -2.65. The summed E-state index contributed by atoms with van der Waals surface area (Å²) in [7, 11) is -2.15. The number of amides is 1. The highest BCUT2D eigenvalue weighted by molar-refractivity contribution is 7.89. The van der Waals surface area contributed by atoms with Crippen LogP contribution < -0.4 is 19.9 Å². The van der Waals surface area contributed by atoms with Gasteiger partial charge in [0.05, 0.1) is 7.11 Å². The first-order chi connectivity index (χ1) is 15.6. The summed E-state index contributed by atoms with van der Waals surface area (Å²) in [6.07, 6.45) is 5.23. The van der Waals surface area contributed by atoms with Gasteiger partial charge < -0.3 is 14.8 Å². The van der Waals surface area contributed by atoms with Gasteiger partial charge in [0.2, 0.25) is 10.0 Å². The van der Waals surface area contributed by atoms with Crippen molar-refractivity contribution in [1.29, 1.82) is 0 Å². The lowest BCUT2D eigenvalue weighted by atomic mass is 9.74. The van der Waals surface area contributed by atoms with Gasteiger partial charge in [-0.25, -0.2) is 13.6 Å². The van der Waals surface area contributed by atoms with Crippen LogP contribution in [0.25, 0.3) is 0 Å². The number of benzene rings is 1. The maximum absolute atomic E-state index is 13.0. The van der Waals surface area contributed by atoms with Crippen molar-refractivity contribution in [2.45, 2.75) is 62.0 Å². The predicted octanol–water partition coefficient (Wildman–Crippen LogP) is 2.98. The fourth-order valence-electron chi connectivity index (χ4n) is 5.23. The van der Waals surface area contributed by atoms with Gasteiger partial charge in [-0.3, -0.25) is 9.78 Å². The minimum Gasteiger partial charge on any atom is -0.497 e. The van der Waals surface area contributed by atoms with E-state index in [1.54, 1.807) is 51.3 Å². The zero-order valence-corrected chi connectivity index (χ0v) is 20.0. The lowest BCUT2D eigenvalue weighted by Crippen LogP contribution is -2.51. The lowest BCUT2D eigenvalue weighted by molar-refractivity contribution is -0.135. The minimum atomic E-state index is -3.75. The monoisotopic (exact) mass is 473 g/mol. The molecule has 1 heterocycles. The Labute approximate surface area is 194 Å². The number of primary sulfonamides is 1. The van der Waals surface area contributed by atoms with Crippen molar-refractivity contribution in [1.82, 2.24) is 10.3 Å². The second-order valence-electron chi connectivity index (χ2n) is 9.52. The molecule has 9 heteroatoms.